The molecule has 0 saturated carbocycles. The van der Waals surface area contributed by atoms with Crippen LogP contribution in [0.2, 0.25) is 0 Å². The van der Waals surface area contributed by atoms with Gasteiger partial charge in [-0.25, -0.2) is 0 Å². The molecule has 0 aliphatic carbocycles. The number of hydrogen-bond donors (Lipinski definition) is 0. The molecule has 1 aromatic rings. The number of hydrogen-bond acceptors (Lipinski definition) is 2. The van der Waals surface area contributed by atoms with Crippen LogP contribution in [-0.4, -0.2) is 12.9 Å². The zero-order valence-corrected chi connectivity index (χ0v) is 13.6. The predicted molar refractivity (Wildman–Crippen MR) is 84.4 cm³/mol. The van der Waals surface area contributed by atoms with Crippen LogP contribution in [0.25, 0.3) is 0 Å². The summed E-state index contributed by atoms with van der Waals surface area (Å²) in [5, 5.41) is 0. The SMILES string of the molecule is CC.O=Cc1ccc(CCCCOPI)cc1. The van der Waals surface area contributed by atoms with Crippen molar-refractivity contribution in [3.05, 3.63) is 35.4 Å². The van der Waals surface area contributed by atoms with Gasteiger partial charge in [0, 0.05) is 5.56 Å². The van der Waals surface area contributed by atoms with E-state index < -0.39 is 0 Å². The normalized spacial score (nSPS) is 10.1. The molecule has 0 aromatic heterocycles. The van der Waals surface area contributed by atoms with Crippen molar-refractivity contribution in [1.29, 1.82) is 0 Å². The van der Waals surface area contributed by atoms with E-state index in [1.165, 1.54) is 5.56 Å². The van der Waals surface area contributed by atoms with Crippen LogP contribution in [0, 0.1) is 0 Å². The number of unbranched alkanes of at least 4 members (excludes halogenated alkanes) is 1. The van der Waals surface area contributed by atoms with Crippen LogP contribution in [0.4, 0.5) is 0 Å². The lowest BCUT2D eigenvalue weighted by atomic mass is 10.1. The molecule has 0 radical (unpaired) electrons. The molecule has 1 aromatic carbocycles. The van der Waals surface area contributed by atoms with E-state index in [1.807, 2.05) is 38.1 Å². The number of aryl methyl sites for hydroxylation is 1. The Hall–Kier alpha value is 0.01000. The average molecular weight is 366 g/mol. The first-order valence-electron chi connectivity index (χ1n) is 5.88. The van der Waals surface area contributed by atoms with Crippen LogP contribution < -0.4 is 0 Å². The van der Waals surface area contributed by atoms with Gasteiger partial charge in [-0.05, 0) is 46.9 Å². The second kappa shape index (κ2) is 12.5. The van der Waals surface area contributed by atoms with E-state index in [4.69, 9.17) is 4.52 Å². The molecule has 2 nitrogen and oxygen atoms in total. The van der Waals surface area contributed by atoms with E-state index in [2.05, 4.69) is 22.0 Å². The van der Waals surface area contributed by atoms with E-state index in [0.29, 0.717) is 6.45 Å². The van der Waals surface area contributed by atoms with Gasteiger partial charge in [-0.1, -0.05) is 38.1 Å². The molecule has 17 heavy (non-hydrogen) atoms. The van der Waals surface area contributed by atoms with Crippen molar-refractivity contribution in [3.63, 3.8) is 0 Å². The molecular formula is C13H20IO2P. The molecule has 0 fully saturated rings. The Morgan fingerprint density at radius 1 is 1.24 bits per heavy atom. The van der Waals surface area contributed by atoms with Crippen molar-refractivity contribution in [2.45, 2.75) is 33.1 Å². The van der Waals surface area contributed by atoms with Crippen molar-refractivity contribution in [2.24, 2.45) is 0 Å². The molecule has 0 aliphatic rings. The van der Waals surface area contributed by atoms with Gasteiger partial charge in [-0.2, -0.15) is 0 Å². The standard InChI is InChI=1S/C11H14IO2P.C2H6/c12-15-14-8-2-1-3-10-4-6-11(9-13)7-5-10;1-2/h4-7,9,15H,1-3,8H2;1-2H3. The fraction of sp³-hybridized carbons (Fsp3) is 0.462. The Morgan fingerprint density at radius 3 is 2.41 bits per heavy atom. The predicted octanol–water partition coefficient (Wildman–Crippen LogP) is 4.81. The summed E-state index contributed by atoms with van der Waals surface area (Å²) in [4.78, 5) is 10.4. The molecule has 0 N–H and O–H groups in total. The Labute approximate surface area is 119 Å². The van der Waals surface area contributed by atoms with Gasteiger partial charge in [0.1, 0.15) is 6.29 Å². The number of rotatable bonds is 7. The molecule has 0 bridgehead atoms. The fourth-order valence-electron chi connectivity index (χ4n) is 1.30. The van der Waals surface area contributed by atoms with Crippen molar-refractivity contribution >= 4 is 34.8 Å². The molecule has 0 saturated heterocycles. The summed E-state index contributed by atoms with van der Waals surface area (Å²) in [5.41, 5.74) is 2.03. The summed E-state index contributed by atoms with van der Waals surface area (Å²) >= 11 is 2.23. The molecule has 4 heteroatoms. The average Bonchev–Trinajstić information content (AvgIpc) is 2.41. The van der Waals surface area contributed by atoms with Crippen LogP contribution in [0.3, 0.4) is 0 Å². The first-order valence-corrected chi connectivity index (χ1v) is 9.90. The summed E-state index contributed by atoms with van der Waals surface area (Å²) in [6, 6.07) is 7.77. The van der Waals surface area contributed by atoms with Crippen molar-refractivity contribution in [3.8, 4) is 0 Å². The van der Waals surface area contributed by atoms with Gasteiger partial charge in [0.15, 0.2) is 0 Å². The third-order valence-electron chi connectivity index (χ3n) is 2.13. The molecule has 0 aliphatic heterocycles. The van der Waals surface area contributed by atoms with E-state index in [0.717, 1.165) is 37.7 Å². The lowest BCUT2D eigenvalue weighted by Crippen LogP contribution is -1.90. The number of carbonyl (C=O) groups is 1. The minimum absolute atomic E-state index is 0.565. The topological polar surface area (TPSA) is 26.3 Å². The Bertz CT molecular complexity index is 288. The Morgan fingerprint density at radius 2 is 1.88 bits per heavy atom. The zero-order valence-electron chi connectivity index (χ0n) is 10.4. The molecule has 96 valence electrons. The summed E-state index contributed by atoms with van der Waals surface area (Å²) in [7, 11) is 0. The lowest BCUT2D eigenvalue weighted by molar-refractivity contribution is 0.112. The van der Waals surface area contributed by atoms with Gasteiger partial charge in [0.25, 0.3) is 0 Å². The molecule has 1 atom stereocenters. The maximum absolute atomic E-state index is 10.4. The van der Waals surface area contributed by atoms with Gasteiger partial charge in [0.2, 0.25) is 0 Å². The quantitative estimate of drug-likeness (QED) is 0.300. The number of carbonyl (C=O) groups excluding carboxylic acids is 1. The Balaban J connectivity index is 0.00000121. The van der Waals surface area contributed by atoms with Gasteiger partial charge in [-0.3, -0.25) is 4.79 Å². The molecule has 0 heterocycles. The van der Waals surface area contributed by atoms with E-state index in [9.17, 15) is 4.79 Å². The summed E-state index contributed by atoms with van der Waals surface area (Å²) < 4.78 is 5.28. The van der Waals surface area contributed by atoms with Gasteiger partial charge < -0.3 is 4.52 Å². The first kappa shape index (κ1) is 17.0. The van der Waals surface area contributed by atoms with Crippen molar-refractivity contribution < 1.29 is 9.32 Å². The highest BCUT2D eigenvalue weighted by Gasteiger charge is 1.94. The summed E-state index contributed by atoms with van der Waals surface area (Å²) in [6.45, 7) is 5.42. The maximum atomic E-state index is 10.4. The minimum atomic E-state index is 0.565. The van der Waals surface area contributed by atoms with Crippen LogP contribution in [-0.2, 0) is 10.9 Å². The lowest BCUT2D eigenvalue weighted by Gasteiger charge is -2.01. The van der Waals surface area contributed by atoms with Crippen molar-refractivity contribution in [2.75, 3.05) is 6.61 Å². The molecule has 1 unspecified atom stereocenters. The molecule has 1 rings (SSSR count). The monoisotopic (exact) mass is 366 g/mol. The fourth-order valence-corrected chi connectivity index (χ4v) is 2.19. The summed E-state index contributed by atoms with van der Waals surface area (Å²) in [5.74, 6) is 0. The van der Waals surface area contributed by atoms with E-state index in [1.54, 1.807) is 0 Å². The summed E-state index contributed by atoms with van der Waals surface area (Å²) in [6.07, 6.45) is 4.18. The number of halogens is 1. The second-order valence-electron chi connectivity index (χ2n) is 3.24. The largest absolute Gasteiger partial charge is 0.352 e. The number of benzene rings is 1. The smallest absolute Gasteiger partial charge is 0.150 e. The van der Waals surface area contributed by atoms with Crippen LogP contribution >= 0.6 is 28.5 Å². The van der Waals surface area contributed by atoms with Gasteiger partial charge >= 0.3 is 0 Å². The highest BCUT2D eigenvalue weighted by atomic mass is 127. The van der Waals surface area contributed by atoms with Crippen LogP contribution in [0.1, 0.15) is 42.6 Å². The van der Waals surface area contributed by atoms with E-state index in [-0.39, 0.29) is 0 Å². The zero-order chi connectivity index (χ0) is 12.9. The Kier molecular flexibility index (Phi) is 12.5. The second-order valence-corrected chi connectivity index (χ2v) is 5.01. The first-order chi connectivity index (χ1) is 8.36. The van der Waals surface area contributed by atoms with Gasteiger partial charge in [0.05, 0.1) is 13.1 Å². The molecule has 0 amide bonds. The minimum Gasteiger partial charge on any atom is -0.352 e. The van der Waals surface area contributed by atoms with Crippen LogP contribution in [0.5, 0.6) is 0 Å². The van der Waals surface area contributed by atoms with Crippen molar-refractivity contribution in [1.82, 2.24) is 0 Å². The third-order valence-corrected chi connectivity index (χ3v) is 3.38. The number of aldehydes is 1. The van der Waals surface area contributed by atoms with E-state index >= 15 is 0 Å². The third kappa shape index (κ3) is 8.70. The van der Waals surface area contributed by atoms with Crippen LogP contribution in [0.15, 0.2) is 24.3 Å². The highest BCUT2D eigenvalue weighted by Crippen LogP contribution is 2.22. The molecule has 0 spiro atoms. The van der Waals surface area contributed by atoms with Gasteiger partial charge in [-0.15, -0.1) is 0 Å². The molecular weight excluding hydrogens is 346 g/mol. The highest BCUT2D eigenvalue weighted by molar-refractivity contribution is 14.2. The maximum Gasteiger partial charge on any atom is 0.150 e.